The van der Waals surface area contributed by atoms with Crippen molar-refractivity contribution in [2.45, 2.75) is 26.3 Å². The highest BCUT2D eigenvalue weighted by atomic mass is 16.5. The van der Waals surface area contributed by atoms with Crippen LogP contribution in [0.4, 0.5) is 0 Å². The molecule has 0 saturated carbocycles. The van der Waals surface area contributed by atoms with Crippen LogP contribution in [0.5, 0.6) is 0 Å². The van der Waals surface area contributed by atoms with Crippen molar-refractivity contribution in [1.82, 2.24) is 10.1 Å². The molecule has 0 unspecified atom stereocenters. The molecule has 0 radical (unpaired) electrons. The molecule has 18 heavy (non-hydrogen) atoms. The Hall–Kier alpha value is -1.89. The Balaban J connectivity index is 2.84. The predicted molar refractivity (Wildman–Crippen MR) is 61.3 cm³/mol. The molecular weight excluding hydrogens is 240 g/mol. The van der Waals surface area contributed by atoms with Crippen LogP contribution < -0.4 is 0 Å². The van der Waals surface area contributed by atoms with Gasteiger partial charge in [0.05, 0.1) is 0 Å². The van der Waals surface area contributed by atoms with Gasteiger partial charge >= 0.3 is 5.97 Å². The number of rotatable bonds is 6. The summed E-state index contributed by atoms with van der Waals surface area (Å²) in [6, 6.07) is 1.02. The number of aliphatic hydroxyl groups is 1. The van der Waals surface area contributed by atoms with Crippen LogP contribution in [0.2, 0.25) is 0 Å². The summed E-state index contributed by atoms with van der Waals surface area (Å²) in [6.07, 6.45) is 0.452. The lowest BCUT2D eigenvalue weighted by molar-refractivity contribution is 0.0642. The first-order valence-electron chi connectivity index (χ1n) is 5.59. The van der Waals surface area contributed by atoms with E-state index in [1.807, 2.05) is 13.8 Å². The Kier molecular flexibility index (Phi) is 4.85. The molecule has 7 heteroatoms. The number of carbonyl (C=O) groups is 2. The number of nitrogens with zero attached hydrogens (tertiary/aromatic N) is 2. The summed E-state index contributed by atoms with van der Waals surface area (Å²) >= 11 is 0. The Morgan fingerprint density at radius 3 is 2.61 bits per heavy atom. The fraction of sp³-hybridized carbons (Fsp3) is 0.545. The third-order valence-electron chi connectivity index (χ3n) is 2.38. The molecule has 0 bridgehead atoms. The summed E-state index contributed by atoms with van der Waals surface area (Å²) < 4.78 is 4.54. The minimum atomic E-state index is -1.27. The molecule has 0 aliphatic carbocycles. The zero-order valence-corrected chi connectivity index (χ0v) is 10.3. The second-order valence-corrected chi connectivity index (χ2v) is 4.05. The number of aromatic carboxylic acids is 1. The third kappa shape index (κ3) is 3.30. The summed E-state index contributed by atoms with van der Waals surface area (Å²) in [4.78, 5) is 24.2. The molecule has 0 aliphatic heterocycles. The number of aliphatic hydroxyl groups excluding tert-OH is 1. The molecule has 0 saturated heterocycles. The van der Waals surface area contributed by atoms with E-state index in [0.717, 1.165) is 6.07 Å². The maximum absolute atomic E-state index is 12.1. The van der Waals surface area contributed by atoms with E-state index in [2.05, 4.69) is 9.68 Å². The Morgan fingerprint density at radius 1 is 1.50 bits per heavy atom. The monoisotopic (exact) mass is 256 g/mol. The van der Waals surface area contributed by atoms with E-state index in [-0.39, 0.29) is 24.1 Å². The van der Waals surface area contributed by atoms with Crippen molar-refractivity contribution in [3.63, 3.8) is 0 Å². The topological polar surface area (TPSA) is 104 Å². The fourth-order valence-corrected chi connectivity index (χ4v) is 1.46. The molecule has 1 aromatic rings. The van der Waals surface area contributed by atoms with Gasteiger partial charge in [0.2, 0.25) is 5.76 Å². The van der Waals surface area contributed by atoms with Crippen molar-refractivity contribution in [3.8, 4) is 0 Å². The molecule has 1 heterocycles. The van der Waals surface area contributed by atoms with Crippen LogP contribution in [0.15, 0.2) is 10.6 Å². The van der Waals surface area contributed by atoms with Gasteiger partial charge in [-0.05, 0) is 20.3 Å². The van der Waals surface area contributed by atoms with Crippen LogP contribution in [-0.4, -0.2) is 51.3 Å². The molecule has 0 aromatic carbocycles. The number of hydrogen-bond donors (Lipinski definition) is 2. The second-order valence-electron chi connectivity index (χ2n) is 4.05. The Morgan fingerprint density at radius 2 is 2.17 bits per heavy atom. The minimum absolute atomic E-state index is 0.0182. The highest BCUT2D eigenvalue weighted by Gasteiger charge is 2.23. The van der Waals surface area contributed by atoms with E-state index in [1.54, 1.807) is 0 Å². The van der Waals surface area contributed by atoms with Crippen LogP contribution in [0.25, 0.3) is 0 Å². The molecule has 100 valence electrons. The standard InChI is InChI=1S/C11H16N2O5/c1-7(2)13(4-3-5-14)10(15)8-6-9(11(16)17)18-12-8/h6-7,14H,3-5H2,1-2H3,(H,16,17). The lowest BCUT2D eigenvalue weighted by Gasteiger charge is -2.25. The summed E-state index contributed by atoms with van der Waals surface area (Å²) in [5.74, 6) is -2.05. The smallest absolute Gasteiger partial charge is 0.374 e. The number of carbonyl (C=O) groups excluding carboxylic acids is 1. The first-order valence-corrected chi connectivity index (χ1v) is 5.59. The molecule has 0 fully saturated rings. The summed E-state index contributed by atoms with van der Waals surface area (Å²) in [5.41, 5.74) is -0.0426. The molecule has 7 nitrogen and oxygen atoms in total. The Bertz CT molecular complexity index is 427. The van der Waals surface area contributed by atoms with Gasteiger partial charge in [-0.2, -0.15) is 0 Å². The van der Waals surface area contributed by atoms with E-state index in [9.17, 15) is 9.59 Å². The molecule has 1 amide bonds. The highest BCUT2D eigenvalue weighted by molar-refractivity contribution is 5.95. The van der Waals surface area contributed by atoms with E-state index < -0.39 is 11.9 Å². The van der Waals surface area contributed by atoms with Gasteiger partial charge in [0, 0.05) is 25.3 Å². The normalized spacial score (nSPS) is 10.7. The summed E-state index contributed by atoms with van der Waals surface area (Å²) in [7, 11) is 0. The van der Waals surface area contributed by atoms with Crippen LogP contribution in [0, 0.1) is 0 Å². The maximum atomic E-state index is 12.1. The third-order valence-corrected chi connectivity index (χ3v) is 2.38. The van der Waals surface area contributed by atoms with Crippen LogP contribution in [-0.2, 0) is 0 Å². The summed E-state index contributed by atoms with van der Waals surface area (Å²) in [6.45, 7) is 4.01. The fourth-order valence-electron chi connectivity index (χ4n) is 1.46. The molecular formula is C11H16N2O5. The van der Waals surface area contributed by atoms with Gasteiger partial charge in [-0.15, -0.1) is 0 Å². The molecule has 0 atom stereocenters. The molecule has 0 spiro atoms. The quantitative estimate of drug-likeness (QED) is 0.772. The first-order chi connectivity index (χ1) is 8.47. The van der Waals surface area contributed by atoms with Gasteiger partial charge in [-0.1, -0.05) is 5.16 Å². The summed E-state index contributed by atoms with van der Waals surface area (Å²) in [5, 5.41) is 20.9. The number of aromatic nitrogens is 1. The van der Waals surface area contributed by atoms with Crippen molar-refractivity contribution < 1.29 is 24.3 Å². The zero-order chi connectivity index (χ0) is 13.7. The van der Waals surface area contributed by atoms with E-state index in [1.165, 1.54) is 4.90 Å². The highest BCUT2D eigenvalue weighted by Crippen LogP contribution is 2.10. The van der Waals surface area contributed by atoms with E-state index in [4.69, 9.17) is 10.2 Å². The Labute approximate surface area is 104 Å². The maximum Gasteiger partial charge on any atom is 0.374 e. The van der Waals surface area contributed by atoms with Gasteiger partial charge in [0.15, 0.2) is 5.69 Å². The number of amides is 1. The average Bonchev–Trinajstić information content (AvgIpc) is 2.78. The SMILES string of the molecule is CC(C)N(CCCO)C(=O)c1cc(C(=O)O)on1. The minimum Gasteiger partial charge on any atom is -0.475 e. The van der Waals surface area contributed by atoms with Gasteiger partial charge in [0.1, 0.15) is 0 Å². The van der Waals surface area contributed by atoms with E-state index >= 15 is 0 Å². The predicted octanol–water partition coefficient (Wildman–Crippen LogP) is 0.606. The molecule has 0 aliphatic rings. The van der Waals surface area contributed by atoms with Crippen LogP contribution >= 0.6 is 0 Å². The molecule has 1 rings (SSSR count). The number of carboxylic acid groups (broad SMARTS) is 1. The average molecular weight is 256 g/mol. The van der Waals surface area contributed by atoms with Gasteiger partial charge in [-0.3, -0.25) is 4.79 Å². The van der Waals surface area contributed by atoms with Crippen molar-refractivity contribution in [3.05, 3.63) is 17.5 Å². The van der Waals surface area contributed by atoms with Crippen LogP contribution in [0.1, 0.15) is 41.3 Å². The van der Waals surface area contributed by atoms with E-state index in [0.29, 0.717) is 13.0 Å². The lowest BCUT2D eigenvalue weighted by atomic mass is 10.2. The van der Waals surface area contributed by atoms with Gasteiger partial charge in [-0.25, -0.2) is 4.79 Å². The number of carboxylic acids is 1. The first kappa shape index (κ1) is 14.2. The van der Waals surface area contributed by atoms with Crippen LogP contribution in [0.3, 0.4) is 0 Å². The van der Waals surface area contributed by atoms with Gasteiger partial charge in [0.25, 0.3) is 5.91 Å². The molecule has 1 aromatic heterocycles. The number of hydrogen-bond acceptors (Lipinski definition) is 5. The van der Waals surface area contributed by atoms with Gasteiger partial charge < -0.3 is 19.6 Å². The molecule has 2 N–H and O–H groups in total. The van der Waals surface area contributed by atoms with Crippen molar-refractivity contribution in [2.75, 3.05) is 13.2 Å². The largest absolute Gasteiger partial charge is 0.475 e. The van der Waals surface area contributed by atoms with Crippen molar-refractivity contribution >= 4 is 11.9 Å². The second kappa shape index (κ2) is 6.15. The lowest BCUT2D eigenvalue weighted by Crippen LogP contribution is -2.38. The van der Waals surface area contributed by atoms with Crippen molar-refractivity contribution in [1.29, 1.82) is 0 Å². The zero-order valence-electron chi connectivity index (χ0n) is 10.3. The van der Waals surface area contributed by atoms with Crippen molar-refractivity contribution in [2.24, 2.45) is 0 Å².